The summed E-state index contributed by atoms with van der Waals surface area (Å²) in [5.74, 6) is -0.577. The van der Waals surface area contributed by atoms with E-state index in [1.165, 1.54) is 30.2 Å². The first-order valence-electron chi connectivity index (χ1n) is 7.52. The number of carbonyl (C=O) groups is 2. The van der Waals surface area contributed by atoms with Crippen molar-refractivity contribution in [2.45, 2.75) is 12.6 Å². The number of furan rings is 1. The lowest BCUT2D eigenvalue weighted by Gasteiger charge is -2.34. The summed E-state index contributed by atoms with van der Waals surface area (Å²) in [6.45, 7) is 0.898. The Labute approximate surface area is 138 Å². The molecule has 6 nitrogen and oxygen atoms in total. The van der Waals surface area contributed by atoms with Crippen molar-refractivity contribution < 1.29 is 23.1 Å². The van der Waals surface area contributed by atoms with Gasteiger partial charge in [0.15, 0.2) is 5.76 Å². The fourth-order valence-corrected chi connectivity index (χ4v) is 2.75. The van der Waals surface area contributed by atoms with E-state index in [9.17, 15) is 14.0 Å². The molecule has 1 N–H and O–H groups in total. The Morgan fingerprint density at radius 2 is 2.25 bits per heavy atom. The Balaban J connectivity index is 1.90. The smallest absolute Gasteiger partial charge is 0.290 e. The molecule has 1 fully saturated rings. The van der Waals surface area contributed by atoms with Gasteiger partial charge in [-0.25, -0.2) is 4.39 Å². The zero-order chi connectivity index (χ0) is 17.1. The second kappa shape index (κ2) is 6.84. The molecule has 1 aromatic carbocycles. The maximum Gasteiger partial charge on any atom is 0.290 e. The Hall–Kier alpha value is -2.67. The van der Waals surface area contributed by atoms with Gasteiger partial charge in [0, 0.05) is 20.2 Å². The zero-order valence-corrected chi connectivity index (χ0v) is 13.1. The maximum atomic E-state index is 13.5. The molecule has 0 unspecified atom stereocenters. The molecular weight excluding hydrogens is 315 g/mol. The largest absolute Gasteiger partial charge is 0.453 e. The van der Waals surface area contributed by atoms with Crippen LogP contribution in [0.5, 0.6) is 0 Å². The summed E-state index contributed by atoms with van der Waals surface area (Å²) < 4.78 is 23.9. The molecule has 2 amide bonds. The molecule has 1 saturated heterocycles. The van der Waals surface area contributed by atoms with Crippen LogP contribution >= 0.6 is 0 Å². The number of halogens is 1. The van der Waals surface area contributed by atoms with Gasteiger partial charge in [-0.05, 0) is 29.8 Å². The third kappa shape index (κ3) is 3.16. The summed E-state index contributed by atoms with van der Waals surface area (Å²) in [7, 11) is 1.53. The van der Waals surface area contributed by atoms with Crippen LogP contribution in [-0.2, 0) is 16.1 Å². The Kier molecular flexibility index (Phi) is 4.61. The molecule has 7 heteroatoms. The third-order valence-corrected chi connectivity index (χ3v) is 3.80. The van der Waals surface area contributed by atoms with E-state index in [-0.39, 0.29) is 18.3 Å². The van der Waals surface area contributed by atoms with E-state index in [0.717, 1.165) is 0 Å². The first-order valence-corrected chi connectivity index (χ1v) is 7.52. The highest BCUT2D eigenvalue weighted by molar-refractivity contribution is 5.96. The van der Waals surface area contributed by atoms with Crippen LogP contribution in [0, 0.1) is 5.82 Å². The molecule has 126 valence electrons. The molecule has 1 aliphatic rings. The maximum absolute atomic E-state index is 13.5. The molecule has 2 heterocycles. The predicted molar refractivity (Wildman–Crippen MR) is 82.6 cm³/mol. The van der Waals surface area contributed by atoms with Gasteiger partial charge in [0.1, 0.15) is 24.2 Å². The molecular formula is C17H17FN2O4. The van der Waals surface area contributed by atoms with Crippen LogP contribution in [0.2, 0.25) is 0 Å². The van der Waals surface area contributed by atoms with Gasteiger partial charge in [0.05, 0.1) is 0 Å². The van der Waals surface area contributed by atoms with Crippen molar-refractivity contribution in [1.29, 1.82) is 0 Å². The lowest BCUT2D eigenvalue weighted by molar-refractivity contribution is -0.128. The minimum Gasteiger partial charge on any atom is -0.453 e. The summed E-state index contributed by atoms with van der Waals surface area (Å²) in [4.78, 5) is 26.4. The molecule has 3 rings (SSSR count). The van der Waals surface area contributed by atoms with Crippen molar-refractivity contribution in [3.8, 4) is 0 Å². The topological polar surface area (TPSA) is 71.8 Å². The second-order valence-corrected chi connectivity index (χ2v) is 5.45. The second-order valence-electron chi connectivity index (χ2n) is 5.45. The van der Waals surface area contributed by atoms with Crippen molar-refractivity contribution in [2.24, 2.45) is 0 Å². The van der Waals surface area contributed by atoms with E-state index < -0.39 is 17.8 Å². The SMILES string of the molecule is COCc1ccc(C(=O)N2CCNC(=O)[C@H]2c2cccc(F)c2)o1. The van der Waals surface area contributed by atoms with Crippen LogP contribution in [0.25, 0.3) is 0 Å². The van der Waals surface area contributed by atoms with E-state index in [2.05, 4.69) is 5.32 Å². The monoisotopic (exact) mass is 332 g/mol. The standard InChI is InChI=1S/C17H17FN2O4/c1-23-10-13-5-6-14(24-13)17(22)20-8-7-19-16(21)15(20)11-3-2-4-12(18)9-11/h2-6,9,15H,7-8,10H2,1H3,(H,19,21)/t15-/m1/s1. The van der Waals surface area contributed by atoms with Crippen LogP contribution < -0.4 is 5.32 Å². The molecule has 24 heavy (non-hydrogen) atoms. The van der Waals surface area contributed by atoms with E-state index in [1.54, 1.807) is 18.2 Å². The van der Waals surface area contributed by atoms with Crippen LogP contribution in [0.15, 0.2) is 40.8 Å². The number of nitrogens with one attached hydrogen (secondary N) is 1. The summed E-state index contributed by atoms with van der Waals surface area (Å²) >= 11 is 0. The van der Waals surface area contributed by atoms with Gasteiger partial charge < -0.3 is 19.4 Å². The van der Waals surface area contributed by atoms with Crippen molar-refractivity contribution in [3.63, 3.8) is 0 Å². The number of benzene rings is 1. The number of ether oxygens (including phenoxy) is 1. The minimum absolute atomic E-state index is 0.123. The zero-order valence-electron chi connectivity index (χ0n) is 13.1. The summed E-state index contributed by atoms with van der Waals surface area (Å²) in [5.41, 5.74) is 0.421. The Bertz CT molecular complexity index is 759. The molecule has 0 saturated carbocycles. The molecule has 2 aromatic rings. The highest BCUT2D eigenvalue weighted by Crippen LogP contribution is 2.26. The van der Waals surface area contributed by atoms with Gasteiger partial charge in [0.2, 0.25) is 5.91 Å². The number of piperazine rings is 1. The number of amides is 2. The van der Waals surface area contributed by atoms with Gasteiger partial charge in [-0.2, -0.15) is 0 Å². The molecule has 0 spiro atoms. The van der Waals surface area contributed by atoms with Crippen LogP contribution in [0.3, 0.4) is 0 Å². The summed E-state index contributed by atoms with van der Waals surface area (Å²) in [5, 5.41) is 2.71. The fraction of sp³-hybridized carbons (Fsp3) is 0.294. The van der Waals surface area contributed by atoms with Gasteiger partial charge in [-0.1, -0.05) is 12.1 Å². The first kappa shape index (κ1) is 16.2. The number of methoxy groups -OCH3 is 1. The average Bonchev–Trinajstić information content (AvgIpc) is 3.03. The molecule has 0 aliphatic carbocycles. The van der Waals surface area contributed by atoms with Crippen molar-refractivity contribution in [2.75, 3.05) is 20.2 Å². The molecule has 1 atom stereocenters. The van der Waals surface area contributed by atoms with Crippen LogP contribution in [-0.4, -0.2) is 36.9 Å². The summed E-state index contributed by atoms with van der Waals surface area (Å²) in [6, 6.07) is 7.99. The molecule has 1 aromatic heterocycles. The predicted octanol–water partition coefficient (Wildman–Crippen LogP) is 1.88. The number of nitrogens with zero attached hydrogens (tertiary/aromatic N) is 1. The normalized spacial score (nSPS) is 17.7. The number of hydrogen-bond acceptors (Lipinski definition) is 4. The number of hydrogen-bond donors (Lipinski definition) is 1. The van der Waals surface area contributed by atoms with Crippen molar-refractivity contribution in [3.05, 3.63) is 59.3 Å². The number of rotatable bonds is 4. The van der Waals surface area contributed by atoms with Crippen molar-refractivity contribution >= 4 is 11.8 Å². The minimum atomic E-state index is -0.891. The van der Waals surface area contributed by atoms with Gasteiger partial charge in [0.25, 0.3) is 5.91 Å². The highest BCUT2D eigenvalue weighted by atomic mass is 19.1. The van der Waals surface area contributed by atoms with Gasteiger partial charge in [-0.3, -0.25) is 9.59 Å². The van der Waals surface area contributed by atoms with Crippen LogP contribution in [0.1, 0.15) is 27.9 Å². The van der Waals surface area contributed by atoms with E-state index >= 15 is 0 Å². The van der Waals surface area contributed by atoms with Gasteiger partial charge in [-0.15, -0.1) is 0 Å². The third-order valence-electron chi connectivity index (χ3n) is 3.80. The van der Waals surface area contributed by atoms with E-state index in [0.29, 0.717) is 24.4 Å². The lowest BCUT2D eigenvalue weighted by Crippen LogP contribution is -2.52. The Morgan fingerprint density at radius 3 is 3.00 bits per heavy atom. The van der Waals surface area contributed by atoms with Crippen LogP contribution in [0.4, 0.5) is 4.39 Å². The molecule has 0 bridgehead atoms. The van der Waals surface area contributed by atoms with Gasteiger partial charge >= 0.3 is 0 Å². The van der Waals surface area contributed by atoms with E-state index in [4.69, 9.17) is 9.15 Å². The average molecular weight is 332 g/mol. The lowest BCUT2D eigenvalue weighted by atomic mass is 10.0. The quantitative estimate of drug-likeness (QED) is 0.928. The number of carbonyl (C=O) groups excluding carboxylic acids is 2. The summed E-state index contributed by atoms with van der Waals surface area (Å²) in [6.07, 6.45) is 0. The molecule has 1 aliphatic heterocycles. The fourth-order valence-electron chi connectivity index (χ4n) is 2.75. The van der Waals surface area contributed by atoms with E-state index in [1.807, 2.05) is 0 Å². The Morgan fingerprint density at radius 1 is 1.42 bits per heavy atom. The molecule has 0 radical (unpaired) electrons. The first-order chi connectivity index (χ1) is 11.6. The van der Waals surface area contributed by atoms with Crippen molar-refractivity contribution in [1.82, 2.24) is 10.2 Å². The highest BCUT2D eigenvalue weighted by Gasteiger charge is 2.36.